The summed E-state index contributed by atoms with van der Waals surface area (Å²) in [6, 6.07) is 7.03. The quantitative estimate of drug-likeness (QED) is 0.830. The largest absolute Gasteiger partial charge is 0.475 e. The summed E-state index contributed by atoms with van der Waals surface area (Å²) in [6.07, 6.45) is 0. The van der Waals surface area contributed by atoms with Gasteiger partial charge in [0.2, 0.25) is 5.76 Å². The van der Waals surface area contributed by atoms with Crippen molar-refractivity contribution in [2.24, 2.45) is 0 Å². The van der Waals surface area contributed by atoms with Gasteiger partial charge in [0, 0.05) is 11.9 Å². The van der Waals surface area contributed by atoms with E-state index in [1.807, 2.05) is 32.9 Å². The summed E-state index contributed by atoms with van der Waals surface area (Å²) >= 11 is 0. The van der Waals surface area contributed by atoms with Crippen molar-refractivity contribution >= 4 is 16.9 Å². The maximum atomic E-state index is 10.8. The molecule has 0 unspecified atom stereocenters. The van der Waals surface area contributed by atoms with Crippen molar-refractivity contribution in [3.8, 4) is 0 Å². The summed E-state index contributed by atoms with van der Waals surface area (Å²) in [5.41, 5.74) is 4.20. The number of carboxylic acid groups (broad SMARTS) is 1. The predicted molar refractivity (Wildman–Crippen MR) is 70.9 cm³/mol. The molecule has 102 valence electrons. The Kier molecular flexibility index (Phi) is 3.59. The molecule has 2 N–H and O–H groups in total. The molecule has 0 aliphatic rings. The van der Waals surface area contributed by atoms with Gasteiger partial charge < -0.3 is 9.52 Å². The van der Waals surface area contributed by atoms with Gasteiger partial charge in [-0.3, -0.25) is 4.84 Å². The highest BCUT2D eigenvalue weighted by atomic mass is 16.7. The molecule has 0 bridgehead atoms. The van der Waals surface area contributed by atoms with E-state index in [1.54, 1.807) is 6.07 Å². The Hall–Kier alpha value is -1.85. The summed E-state index contributed by atoms with van der Waals surface area (Å²) in [6.45, 7) is 6.41. The lowest BCUT2D eigenvalue weighted by Gasteiger charge is -2.19. The van der Waals surface area contributed by atoms with Crippen LogP contribution < -0.4 is 5.48 Å². The lowest BCUT2D eigenvalue weighted by molar-refractivity contribution is -0.0757. The van der Waals surface area contributed by atoms with Gasteiger partial charge in [-0.25, -0.2) is 4.79 Å². The third kappa shape index (κ3) is 3.56. The van der Waals surface area contributed by atoms with Gasteiger partial charge in [0.1, 0.15) is 5.58 Å². The molecule has 0 spiro atoms. The Morgan fingerprint density at radius 2 is 2.11 bits per heavy atom. The van der Waals surface area contributed by atoms with Gasteiger partial charge in [0.15, 0.2) is 0 Å². The monoisotopic (exact) mass is 263 g/mol. The maximum absolute atomic E-state index is 10.8. The molecule has 19 heavy (non-hydrogen) atoms. The van der Waals surface area contributed by atoms with Crippen LogP contribution in [0.2, 0.25) is 0 Å². The number of hydrogen-bond donors (Lipinski definition) is 2. The van der Waals surface area contributed by atoms with Crippen LogP contribution in [0, 0.1) is 0 Å². The van der Waals surface area contributed by atoms with Gasteiger partial charge in [0.05, 0.1) is 5.60 Å². The first-order valence-corrected chi connectivity index (χ1v) is 6.02. The molecule has 0 aliphatic heterocycles. The second-order valence-electron chi connectivity index (χ2n) is 5.32. The number of hydroxylamine groups is 1. The first kappa shape index (κ1) is 13.6. The average molecular weight is 263 g/mol. The summed E-state index contributed by atoms with van der Waals surface area (Å²) in [4.78, 5) is 16.2. The Bertz CT molecular complexity index is 595. The van der Waals surface area contributed by atoms with E-state index in [9.17, 15) is 4.79 Å². The Balaban J connectivity index is 2.11. The summed E-state index contributed by atoms with van der Waals surface area (Å²) < 4.78 is 5.19. The number of furan rings is 1. The van der Waals surface area contributed by atoms with Crippen LogP contribution in [0.1, 0.15) is 36.9 Å². The van der Waals surface area contributed by atoms with Crippen molar-refractivity contribution in [2.75, 3.05) is 0 Å². The fraction of sp³-hybridized carbons (Fsp3) is 0.357. The third-order valence-electron chi connectivity index (χ3n) is 2.45. The second kappa shape index (κ2) is 5.03. The molecular formula is C14H17NO4. The highest BCUT2D eigenvalue weighted by Gasteiger charge is 2.12. The van der Waals surface area contributed by atoms with E-state index in [0.29, 0.717) is 12.1 Å². The lowest BCUT2D eigenvalue weighted by atomic mass is 10.1. The van der Waals surface area contributed by atoms with Crippen molar-refractivity contribution in [2.45, 2.75) is 32.9 Å². The summed E-state index contributed by atoms with van der Waals surface area (Å²) in [5.74, 6) is -1.11. The average Bonchev–Trinajstić information content (AvgIpc) is 2.70. The smallest absolute Gasteiger partial charge is 0.371 e. The number of nitrogens with one attached hydrogen (secondary N) is 1. The van der Waals surface area contributed by atoms with E-state index in [-0.39, 0.29) is 11.4 Å². The minimum Gasteiger partial charge on any atom is -0.475 e. The zero-order valence-electron chi connectivity index (χ0n) is 11.2. The van der Waals surface area contributed by atoms with Crippen LogP contribution in [0.4, 0.5) is 0 Å². The van der Waals surface area contributed by atoms with E-state index in [1.165, 1.54) is 6.07 Å². The molecule has 0 aliphatic carbocycles. The molecule has 0 saturated heterocycles. The summed E-state index contributed by atoms with van der Waals surface area (Å²) in [7, 11) is 0. The number of carboxylic acids is 1. The van der Waals surface area contributed by atoms with E-state index in [0.717, 1.165) is 10.9 Å². The fourth-order valence-corrected chi connectivity index (χ4v) is 1.64. The van der Waals surface area contributed by atoms with Crippen LogP contribution in [0.5, 0.6) is 0 Å². The van der Waals surface area contributed by atoms with Crippen molar-refractivity contribution in [1.29, 1.82) is 0 Å². The number of benzene rings is 1. The van der Waals surface area contributed by atoms with Crippen LogP contribution in [0.3, 0.4) is 0 Å². The van der Waals surface area contributed by atoms with E-state index >= 15 is 0 Å². The predicted octanol–water partition coefficient (Wildman–Crippen LogP) is 2.95. The van der Waals surface area contributed by atoms with Crippen LogP contribution in [-0.2, 0) is 11.4 Å². The number of rotatable bonds is 4. The minimum absolute atomic E-state index is 0.0500. The van der Waals surface area contributed by atoms with Gasteiger partial charge in [-0.15, -0.1) is 0 Å². The molecule has 1 heterocycles. The molecule has 0 radical (unpaired) electrons. The van der Waals surface area contributed by atoms with E-state index < -0.39 is 5.97 Å². The van der Waals surface area contributed by atoms with Crippen LogP contribution in [0.15, 0.2) is 28.7 Å². The molecule has 2 aromatic rings. The summed E-state index contributed by atoms with van der Waals surface area (Å²) in [5, 5.41) is 9.63. The molecule has 5 heteroatoms. The van der Waals surface area contributed by atoms with Gasteiger partial charge in [-0.05, 0) is 44.5 Å². The Labute approximate surface area is 111 Å². The van der Waals surface area contributed by atoms with Gasteiger partial charge in [-0.1, -0.05) is 6.07 Å². The van der Waals surface area contributed by atoms with Gasteiger partial charge >= 0.3 is 5.97 Å². The molecular weight excluding hydrogens is 246 g/mol. The topological polar surface area (TPSA) is 71.7 Å². The normalized spacial score (nSPS) is 11.9. The minimum atomic E-state index is -1.06. The van der Waals surface area contributed by atoms with E-state index in [4.69, 9.17) is 14.4 Å². The molecule has 1 aromatic carbocycles. The van der Waals surface area contributed by atoms with Crippen molar-refractivity contribution in [3.05, 3.63) is 35.6 Å². The molecule has 1 aromatic heterocycles. The standard InChI is InChI=1S/C14H17NO4/c1-14(2,3)19-15-8-9-4-5-11-10(6-9)7-12(18-11)13(16)17/h4-7,15H,8H2,1-3H3,(H,16,17). The maximum Gasteiger partial charge on any atom is 0.371 e. The van der Waals surface area contributed by atoms with Crippen molar-refractivity contribution in [1.82, 2.24) is 5.48 Å². The van der Waals surface area contributed by atoms with E-state index in [2.05, 4.69) is 5.48 Å². The Morgan fingerprint density at radius 3 is 2.74 bits per heavy atom. The third-order valence-corrected chi connectivity index (χ3v) is 2.45. The zero-order valence-corrected chi connectivity index (χ0v) is 11.2. The molecule has 0 saturated carbocycles. The Morgan fingerprint density at radius 1 is 1.37 bits per heavy atom. The highest BCUT2D eigenvalue weighted by molar-refractivity contribution is 5.91. The number of carbonyl (C=O) groups is 1. The number of hydrogen-bond acceptors (Lipinski definition) is 4. The van der Waals surface area contributed by atoms with Crippen molar-refractivity contribution in [3.63, 3.8) is 0 Å². The second-order valence-corrected chi connectivity index (χ2v) is 5.32. The van der Waals surface area contributed by atoms with Gasteiger partial charge in [0.25, 0.3) is 0 Å². The highest BCUT2D eigenvalue weighted by Crippen LogP contribution is 2.21. The molecule has 2 rings (SSSR count). The first-order chi connectivity index (χ1) is 8.85. The molecule has 0 fully saturated rings. The van der Waals surface area contributed by atoms with Crippen molar-refractivity contribution < 1.29 is 19.2 Å². The molecule has 0 amide bonds. The molecule has 0 atom stereocenters. The first-order valence-electron chi connectivity index (χ1n) is 6.02. The van der Waals surface area contributed by atoms with Crippen LogP contribution in [-0.4, -0.2) is 16.7 Å². The molecule has 5 nitrogen and oxygen atoms in total. The van der Waals surface area contributed by atoms with Gasteiger partial charge in [-0.2, -0.15) is 5.48 Å². The lowest BCUT2D eigenvalue weighted by Crippen LogP contribution is -2.28. The number of fused-ring (bicyclic) bond motifs is 1. The number of aromatic carboxylic acids is 1. The van der Waals surface area contributed by atoms with Crippen LogP contribution >= 0.6 is 0 Å². The van der Waals surface area contributed by atoms with Crippen LogP contribution in [0.25, 0.3) is 11.0 Å². The SMILES string of the molecule is CC(C)(C)ONCc1ccc2oc(C(=O)O)cc2c1. The fourth-order valence-electron chi connectivity index (χ4n) is 1.64. The zero-order chi connectivity index (χ0) is 14.0.